The minimum Gasteiger partial charge on any atom is -0.444 e. The van der Waals surface area contributed by atoms with Crippen LogP contribution in [0.3, 0.4) is 0 Å². The highest BCUT2D eigenvalue weighted by molar-refractivity contribution is 7.92. The molecular formula is C23H32F3N3O6S. The van der Waals surface area contributed by atoms with Gasteiger partial charge in [0.2, 0.25) is 15.3 Å². The fourth-order valence-electron chi connectivity index (χ4n) is 3.98. The topological polar surface area (TPSA) is 107 Å². The number of carbonyl (C=O) groups excluding carboxylic acids is 1. The maximum atomic E-state index is 13.5. The fourth-order valence-corrected chi connectivity index (χ4v) is 5.69. The fraction of sp³-hybridized carbons (Fsp3) is 0.652. The largest absolute Gasteiger partial charge is 0.573 e. The summed E-state index contributed by atoms with van der Waals surface area (Å²) in [5.74, 6) is -1.02. The van der Waals surface area contributed by atoms with Crippen LogP contribution in [0.5, 0.6) is 5.75 Å². The molecule has 1 atom stereocenters. The number of piperidine rings is 2. The zero-order valence-electron chi connectivity index (χ0n) is 20.5. The molecule has 202 valence electrons. The summed E-state index contributed by atoms with van der Waals surface area (Å²) in [6.07, 6.45) is -3.48. The van der Waals surface area contributed by atoms with Crippen molar-refractivity contribution >= 4 is 21.6 Å². The van der Waals surface area contributed by atoms with Gasteiger partial charge >= 0.3 is 12.5 Å². The second-order valence-electron chi connectivity index (χ2n) is 9.75. The SMILES string of the molecule is CC(C)(C)OC(=O)N1CCC(C(ON=C2CCNCC2)S(=O)(=O)c2ccc(OC(F)(F)F)cc2)CC1. The van der Waals surface area contributed by atoms with Crippen LogP contribution in [0.25, 0.3) is 0 Å². The number of nitrogens with zero attached hydrogens (tertiary/aromatic N) is 2. The van der Waals surface area contributed by atoms with Gasteiger partial charge in [0.05, 0.1) is 10.6 Å². The van der Waals surface area contributed by atoms with Crippen LogP contribution >= 0.6 is 0 Å². The average molecular weight is 536 g/mol. The van der Waals surface area contributed by atoms with Crippen LogP contribution in [-0.4, -0.2) is 68.7 Å². The lowest BCUT2D eigenvalue weighted by Crippen LogP contribution is -2.45. The van der Waals surface area contributed by atoms with E-state index >= 15 is 0 Å². The standard InChI is InChI=1S/C23H32F3N3O6S/c1-22(2,3)34-21(30)29-14-10-16(11-15-29)20(35-28-17-8-12-27-13-9-17)36(31,32)19-6-4-18(5-7-19)33-23(24,25)26/h4-7,16,20,27H,8-15H2,1-3H3. The Bertz CT molecular complexity index is 1020. The molecule has 1 aromatic carbocycles. The first-order valence-corrected chi connectivity index (χ1v) is 13.3. The molecule has 1 amide bonds. The molecule has 0 bridgehead atoms. The van der Waals surface area contributed by atoms with Gasteiger partial charge in [0.1, 0.15) is 11.4 Å². The number of hydrogen-bond acceptors (Lipinski definition) is 8. The molecule has 13 heteroatoms. The van der Waals surface area contributed by atoms with E-state index in [1.807, 2.05) is 0 Å². The zero-order chi connectivity index (χ0) is 26.6. The predicted octanol–water partition coefficient (Wildman–Crippen LogP) is 4.09. The number of nitrogens with one attached hydrogen (secondary N) is 1. The number of halogens is 3. The van der Waals surface area contributed by atoms with E-state index in [0.29, 0.717) is 38.8 Å². The second-order valence-corrected chi connectivity index (χ2v) is 11.8. The van der Waals surface area contributed by atoms with Gasteiger partial charge in [-0.3, -0.25) is 0 Å². The Morgan fingerprint density at radius 2 is 1.67 bits per heavy atom. The molecule has 9 nitrogen and oxygen atoms in total. The lowest BCUT2D eigenvalue weighted by Gasteiger charge is -2.35. The van der Waals surface area contributed by atoms with Crippen LogP contribution in [0.2, 0.25) is 0 Å². The summed E-state index contributed by atoms with van der Waals surface area (Å²) in [5.41, 5.74) is -1.29. The van der Waals surface area contributed by atoms with Crippen LogP contribution in [-0.2, 0) is 19.4 Å². The highest BCUT2D eigenvalue weighted by atomic mass is 32.2. The van der Waals surface area contributed by atoms with E-state index in [0.717, 1.165) is 30.0 Å². The lowest BCUT2D eigenvalue weighted by atomic mass is 9.98. The molecule has 0 aromatic heterocycles. The summed E-state index contributed by atoms with van der Waals surface area (Å²) in [6, 6.07) is 4.00. The molecule has 0 spiro atoms. The first-order chi connectivity index (χ1) is 16.7. The highest BCUT2D eigenvalue weighted by Crippen LogP contribution is 2.32. The van der Waals surface area contributed by atoms with Crippen molar-refractivity contribution in [2.45, 2.75) is 68.7 Å². The smallest absolute Gasteiger partial charge is 0.444 e. The number of carbonyl (C=O) groups is 1. The summed E-state index contributed by atoms with van der Waals surface area (Å²) in [4.78, 5) is 19.4. The molecule has 36 heavy (non-hydrogen) atoms. The third kappa shape index (κ3) is 7.99. The molecule has 1 unspecified atom stereocenters. The predicted molar refractivity (Wildman–Crippen MR) is 125 cm³/mol. The Balaban J connectivity index is 1.79. The van der Waals surface area contributed by atoms with Crippen LogP contribution < -0.4 is 10.1 Å². The van der Waals surface area contributed by atoms with E-state index in [1.165, 1.54) is 4.90 Å². The molecule has 1 N–H and O–H groups in total. The molecule has 2 saturated heterocycles. The number of amides is 1. The Kier molecular flexibility index (Phi) is 8.75. The zero-order valence-corrected chi connectivity index (χ0v) is 21.3. The summed E-state index contributed by atoms with van der Waals surface area (Å²) in [5, 5.41) is 7.32. The van der Waals surface area contributed by atoms with Gasteiger partial charge in [0, 0.05) is 44.9 Å². The minimum absolute atomic E-state index is 0.206. The van der Waals surface area contributed by atoms with Gasteiger partial charge in [0.15, 0.2) is 0 Å². The van der Waals surface area contributed by atoms with Crippen molar-refractivity contribution in [3.05, 3.63) is 24.3 Å². The quantitative estimate of drug-likeness (QED) is 0.547. The number of sulfone groups is 1. The Morgan fingerprint density at radius 1 is 1.08 bits per heavy atom. The van der Waals surface area contributed by atoms with Gasteiger partial charge in [-0.05, 0) is 57.9 Å². The number of rotatable bonds is 6. The van der Waals surface area contributed by atoms with Crippen molar-refractivity contribution in [3.8, 4) is 5.75 Å². The van der Waals surface area contributed by atoms with Crippen molar-refractivity contribution < 1.29 is 40.7 Å². The molecule has 2 aliphatic rings. The van der Waals surface area contributed by atoms with E-state index < -0.39 is 45.0 Å². The first-order valence-electron chi connectivity index (χ1n) is 11.7. The lowest BCUT2D eigenvalue weighted by molar-refractivity contribution is -0.274. The van der Waals surface area contributed by atoms with Gasteiger partial charge in [-0.2, -0.15) is 0 Å². The molecule has 2 aliphatic heterocycles. The molecule has 3 rings (SSSR count). The molecule has 0 aliphatic carbocycles. The summed E-state index contributed by atoms with van der Waals surface area (Å²) >= 11 is 0. The first kappa shape index (κ1) is 28.0. The third-order valence-electron chi connectivity index (χ3n) is 5.73. The summed E-state index contributed by atoms with van der Waals surface area (Å²) < 4.78 is 73.8. The van der Waals surface area contributed by atoms with Crippen LogP contribution in [0.1, 0.15) is 46.5 Å². The molecule has 0 radical (unpaired) electrons. The number of likely N-dealkylation sites (tertiary alicyclic amines) is 1. The maximum Gasteiger partial charge on any atom is 0.573 e. The van der Waals surface area contributed by atoms with E-state index in [1.54, 1.807) is 20.8 Å². The van der Waals surface area contributed by atoms with E-state index in [4.69, 9.17) is 9.57 Å². The number of oxime groups is 1. The van der Waals surface area contributed by atoms with Gasteiger partial charge in [-0.15, -0.1) is 13.2 Å². The van der Waals surface area contributed by atoms with Crippen molar-refractivity contribution in [1.29, 1.82) is 0 Å². The monoisotopic (exact) mass is 535 g/mol. The van der Waals surface area contributed by atoms with Gasteiger partial charge in [-0.25, -0.2) is 13.2 Å². The number of ether oxygens (including phenoxy) is 2. The summed E-state index contributed by atoms with van der Waals surface area (Å²) in [6.45, 7) is 7.24. The van der Waals surface area contributed by atoms with Gasteiger partial charge in [-0.1, -0.05) is 5.16 Å². The van der Waals surface area contributed by atoms with E-state index in [9.17, 15) is 26.4 Å². The highest BCUT2D eigenvalue weighted by Gasteiger charge is 2.40. The van der Waals surface area contributed by atoms with Crippen molar-refractivity contribution in [1.82, 2.24) is 10.2 Å². The maximum absolute atomic E-state index is 13.5. The Labute approximate surface area is 208 Å². The molecule has 2 heterocycles. The normalized spacial score (nSPS) is 18.9. The second kappa shape index (κ2) is 11.2. The van der Waals surface area contributed by atoms with E-state index in [2.05, 4.69) is 15.2 Å². The van der Waals surface area contributed by atoms with Crippen molar-refractivity contribution in [2.75, 3.05) is 26.2 Å². The Morgan fingerprint density at radius 3 is 2.19 bits per heavy atom. The van der Waals surface area contributed by atoms with Crippen molar-refractivity contribution in [3.63, 3.8) is 0 Å². The van der Waals surface area contributed by atoms with Gasteiger partial charge < -0.3 is 24.5 Å². The number of alkyl halides is 3. The van der Waals surface area contributed by atoms with E-state index in [-0.39, 0.29) is 18.0 Å². The third-order valence-corrected chi connectivity index (χ3v) is 7.75. The van der Waals surface area contributed by atoms with Crippen molar-refractivity contribution in [2.24, 2.45) is 11.1 Å². The number of hydrogen-bond donors (Lipinski definition) is 1. The van der Waals surface area contributed by atoms with Crippen LogP contribution in [0, 0.1) is 5.92 Å². The van der Waals surface area contributed by atoms with Crippen LogP contribution in [0.15, 0.2) is 34.3 Å². The van der Waals surface area contributed by atoms with Crippen LogP contribution in [0.4, 0.5) is 18.0 Å². The summed E-state index contributed by atoms with van der Waals surface area (Å²) in [7, 11) is -4.14. The Hall–Kier alpha value is -2.54. The molecular weight excluding hydrogens is 503 g/mol. The molecule has 1 aromatic rings. The number of benzene rings is 1. The van der Waals surface area contributed by atoms with Gasteiger partial charge in [0.25, 0.3) is 0 Å². The minimum atomic E-state index is -4.89. The molecule has 2 fully saturated rings. The average Bonchev–Trinajstić information content (AvgIpc) is 2.78. The molecule has 0 saturated carbocycles.